The van der Waals surface area contributed by atoms with Crippen LogP contribution in [0.2, 0.25) is 10.2 Å². The highest BCUT2D eigenvalue weighted by Gasteiger charge is 2.27. The van der Waals surface area contributed by atoms with Crippen molar-refractivity contribution in [3.05, 3.63) is 37.9 Å². The highest BCUT2D eigenvalue weighted by Crippen LogP contribution is 2.38. The molecule has 0 aliphatic heterocycles. The number of aryl methyl sites for hydroxylation is 1. The number of aromatic nitrogens is 1. The molecule has 2 amide bonds. The first kappa shape index (κ1) is 21.2. The summed E-state index contributed by atoms with van der Waals surface area (Å²) in [5, 5.41) is 7.03. The second-order valence-electron chi connectivity index (χ2n) is 6.70. The number of rotatable bonds is 7. The Morgan fingerprint density at radius 2 is 2.00 bits per heavy atom. The smallest absolute Gasteiger partial charge is 0.272 e. The van der Waals surface area contributed by atoms with E-state index in [-0.39, 0.29) is 11.8 Å². The van der Waals surface area contributed by atoms with E-state index in [2.05, 4.69) is 10.6 Å². The Morgan fingerprint density at radius 1 is 1.25 bits per heavy atom. The topological polar surface area (TPSA) is 72.4 Å². The Kier molecular flexibility index (Phi) is 7.04. The molecule has 2 heterocycles. The summed E-state index contributed by atoms with van der Waals surface area (Å²) in [7, 11) is 3.30. The second kappa shape index (κ2) is 9.31. The van der Waals surface area contributed by atoms with Gasteiger partial charge >= 0.3 is 0 Å². The Hall–Kier alpha value is -1.54. The van der Waals surface area contributed by atoms with E-state index in [4.69, 9.17) is 27.9 Å². The Bertz CT molecular complexity index is 892. The summed E-state index contributed by atoms with van der Waals surface area (Å²) in [6.45, 7) is 1.11. The Balaban J connectivity index is 1.85. The summed E-state index contributed by atoms with van der Waals surface area (Å²) in [6.07, 6.45) is 4.66. The third-order valence-electron chi connectivity index (χ3n) is 4.79. The molecular formula is C19H23Cl2N3O3S. The minimum Gasteiger partial charge on any atom is -0.385 e. The molecular weight excluding hydrogens is 421 g/mol. The molecule has 1 aliphatic rings. The van der Waals surface area contributed by atoms with Gasteiger partial charge in [0.15, 0.2) is 0 Å². The van der Waals surface area contributed by atoms with Crippen LogP contribution in [0.1, 0.15) is 50.5 Å². The molecule has 0 aromatic carbocycles. The molecule has 0 fully saturated rings. The summed E-state index contributed by atoms with van der Waals surface area (Å²) < 4.78 is 6.55. The molecule has 2 aromatic rings. The maximum atomic E-state index is 12.9. The van der Waals surface area contributed by atoms with E-state index in [0.29, 0.717) is 39.6 Å². The van der Waals surface area contributed by atoms with Crippen molar-refractivity contribution in [3.63, 3.8) is 0 Å². The molecule has 3 rings (SSSR count). The van der Waals surface area contributed by atoms with Gasteiger partial charge in [-0.2, -0.15) is 0 Å². The molecule has 0 unspecified atom stereocenters. The van der Waals surface area contributed by atoms with Crippen LogP contribution < -0.4 is 10.6 Å². The molecule has 0 saturated heterocycles. The van der Waals surface area contributed by atoms with Gasteiger partial charge in [0.1, 0.15) is 15.8 Å². The lowest BCUT2D eigenvalue weighted by Crippen LogP contribution is -2.27. The molecule has 9 heteroatoms. The van der Waals surface area contributed by atoms with Crippen LogP contribution in [0.15, 0.2) is 6.07 Å². The largest absolute Gasteiger partial charge is 0.385 e. The minimum absolute atomic E-state index is 0.159. The van der Waals surface area contributed by atoms with E-state index < -0.39 is 0 Å². The number of ether oxygens (including phenoxy) is 1. The number of halogens is 2. The van der Waals surface area contributed by atoms with E-state index in [0.717, 1.165) is 37.7 Å². The van der Waals surface area contributed by atoms with Gasteiger partial charge in [0.2, 0.25) is 0 Å². The van der Waals surface area contributed by atoms with Gasteiger partial charge < -0.3 is 19.9 Å². The number of thiophene rings is 1. The van der Waals surface area contributed by atoms with Crippen LogP contribution in [0.3, 0.4) is 0 Å². The van der Waals surface area contributed by atoms with Gasteiger partial charge in [-0.3, -0.25) is 9.59 Å². The van der Waals surface area contributed by atoms with Crippen molar-refractivity contribution in [2.45, 2.75) is 32.1 Å². The van der Waals surface area contributed by atoms with Crippen molar-refractivity contribution >= 4 is 51.4 Å². The molecule has 1 aliphatic carbocycles. The Labute approximate surface area is 178 Å². The lowest BCUT2D eigenvalue weighted by Gasteiger charge is -2.13. The van der Waals surface area contributed by atoms with Gasteiger partial charge in [0, 0.05) is 32.2 Å². The molecule has 2 N–H and O–H groups in total. The summed E-state index contributed by atoms with van der Waals surface area (Å²) in [4.78, 5) is 26.8. The normalized spacial score (nSPS) is 13.3. The minimum atomic E-state index is -0.344. The van der Waals surface area contributed by atoms with E-state index in [1.807, 2.05) is 0 Å². The fourth-order valence-corrected chi connectivity index (χ4v) is 4.99. The number of methoxy groups -OCH3 is 1. The van der Waals surface area contributed by atoms with Gasteiger partial charge in [0.25, 0.3) is 11.8 Å². The van der Waals surface area contributed by atoms with Crippen LogP contribution >= 0.6 is 34.5 Å². The highest BCUT2D eigenvalue weighted by molar-refractivity contribution is 7.17. The molecule has 0 radical (unpaired) electrons. The van der Waals surface area contributed by atoms with Gasteiger partial charge in [-0.1, -0.05) is 23.2 Å². The lowest BCUT2D eigenvalue weighted by molar-refractivity contribution is 0.0948. The number of carbonyl (C=O) groups excluding carboxylic acids is 2. The number of amides is 2. The standard InChI is InChI=1S/C19H23Cl2N3O3S/c1-24-13(10-12(20)16(24)21)17(25)23-19-15(18(26)22-8-5-9-27-2)11-6-3-4-7-14(11)28-19/h10H,3-9H2,1-2H3,(H,22,26)(H,23,25). The van der Waals surface area contributed by atoms with E-state index in [9.17, 15) is 9.59 Å². The van der Waals surface area contributed by atoms with Crippen molar-refractivity contribution in [2.75, 3.05) is 25.6 Å². The first-order chi connectivity index (χ1) is 13.4. The van der Waals surface area contributed by atoms with Crippen molar-refractivity contribution in [3.8, 4) is 0 Å². The van der Waals surface area contributed by atoms with E-state index in [1.54, 1.807) is 14.2 Å². The predicted octanol–water partition coefficient (Wildman–Crippen LogP) is 4.29. The summed E-state index contributed by atoms with van der Waals surface area (Å²) >= 11 is 13.6. The molecule has 0 saturated carbocycles. The van der Waals surface area contributed by atoms with Crippen LogP contribution in [0.5, 0.6) is 0 Å². The van der Waals surface area contributed by atoms with Crippen LogP contribution in [-0.4, -0.2) is 36.6 Å². The maximum absolute atomic E-state index is 12.9. The first-order valence-electron chi connectivity index (χ1n) is 9.17. The van der Waals surface area contributed by atoms with E-state index in [1.165, 1.54) is 26.8 Å². The van der Waals surface area contributed by atoms with Gasteiger partial charge in [-0.15, -0.1) is 11.3 Å². The zero-order valence-corrected chi connectivity index (χ0v) is 18.2. The van der Waals surface area contributed by atoms with Crippen molar-refractivity contribution in [2.24, 2.45) is 7.05 Å². The van der Waals surface area contributed by atoms with E-state index >= 15 is 0 Å². The zero-order chi connectivity index (χ0) is 20.3. The van der Waals surface area contributed by atoms with Crippen molar-refractivity contribution in [1.82, 2.24) is 9.88 Å². The van der Waals surface area contributed by atoms with Crippen LogP contribution in [0.25, 0.3) is 0 Å². The fraction of sp³-hybridized carbons (Fsp3) is 0.474. The second-order valence-corrected chi connectivity index (χ2v) is 8.57. The number of nitrogens with zero attached hydrogens (tertiary/aromatic N) is 1. The zero-order valence-electron chi connectivity index (χ0n) is 15.9. The number of anilines is 1. The van der Waals surface area contributed by atoms with Gasteiger partial charge in [0.05, 0.1) is 10.6 Å². The molecule has 2 aromatic heterocycles. The Morgan fingerprint density at radius 3 is 2.68 bits per heavy atom. The van der Waals surface area contributed by atoms with Gasteiger partial charge in [-0.25, -0.2) is 0 Å². The lowest BCUT2D eigenvalue weighted by atomic mass is 9.95. The maximum Gasteiger partial charge on any atom is 0.272 e. The third-order valence-corrected chi connectivity index (χ3v) is 6.83. The average Bonchev–Trinajstić information content (AvgIpc) is 3.17. The molecule has 0 atom stereocenters. The summed E-state index contributed by atoms with van der Waals surface area (Å²) in [6, 6.07) is 1.53. The summed E-state index contributed by atoms with van der Waals surface area (Å²) in [5.74, 6) is -0.503. The highest BCUT2D eigenvalue weighted by atomic mass is 35.5. The summed E-state index contributed by atoms with van der Waals surface area (Å²) in [5.41, 5.74) is 1.98. The van der Waals surface area contributed by atoms with Crippen LogP contribution in [-0.2, 0) is 24.6 Å². The number of nitrogens with one attached hydrogen (secondary N) is 2. The molecule has 152 valence electrons. The average molecular weight is 444 g/mol. The molecule has 0 bridgehead atoms. The fourth-order valence-electron chi connectivity index (χ4n) is 3.33. The molecule has 28 heavy (non-hydrogen) atoms. The van der Waals surface area contributed by atoms with Crippen molar-refractivity contribution in [1.29, 1.82) is 0 Å². The number of carbonyl (C=O) groups is 2. The number of fused-ring (bicyclic) bond motifs is 1. The third kappa shape index (κ3) is 4.38. The quantitative estimate of drug-likeness (QED) is 0.626. The SMILES string of the molecule is COCCCNC(=O)c1c(NC(=O)c2cc(Cl)c(Cl)n2C)sc2c1CCCC2. The number of hydrogen-bond acceptors (Lipinski definition) is 4. The first-order valence-corrected chi connectivity index (χ1v) is 10.7. The monoisotopic (exact) mass is 443 g/mol. The van der Waals surface area contributed by atoms with Crippen molar-refractivity contribution < 1.29 is 14.3 Å². The number of hydrogen-bond donors (Lipinski definition) is 2. The molecule has 0 spiro atoms. The predicted molar refractivity (Wildman–Crippen MR) is 113 cm³/mol. The molecule has 6 nitrogen and oxygen atoms in total. The van der Waals surface area contributed by atoms with Crippen LogP contribution in [0.4, 0.5) is 5.00 Å². The van der Waals surface area contributed by atoms with Crippen LogP contribution in [0, 0.1) is 0 Å². The van der Waals surface area contributed by atoms with Gasteiger partial charge in [-0.05, 0) is 43.7 Å².